The largest absolute Gasteiger partial charge is 0.495 e. The van der Waals surface area contributed by atoms with Gasteiger partial charge in [0.2, 0.25) is 0 Å². The summed E-state index contributed by atoms with van der Waals surface area (Å²) in [6, 6.07) is 5.50. The number of benzene rings is 1. The fraction of sp³-hybridized carbons (Fsp3) is 0.0909. The van der Waals surface area contributed by atoms with E-state index < -0.39 is 0 Å². The molecule has 0 unspecified atom stereocenters. The van der Waals surface area contributed by atoms with Gasteiger partial charge < -0.3 is 9.72 Å². The van der Waals surface area contributed by atoms with Crippen molar-refractivity contribution in [3.63, 3.8) is 0 Å². The summed E-state index contributed by atoms with van der Waals surface area (Å²) in [5.41, 5.74) is 1.77. The van der Waals surface area contributed by atoms with E-state index in [-0.39, 0.29) is 0 Å². The maximum absolute atomic E-state index is 5.94. The van der Waals surface area contributed by atoms with Crippen LogP contribution in [-0.4, -0.2) is 17.1 Å². The molecule has 0 aliphatic carbocycles. The number of aromatic nitrogens is 2. The normalized spacial score (nSPS) is 10.1. The van der Waals surface area contributed by atoms with E-state index in [1.165, 1.54) is 0 Å². The van der Waals surface area contributed by atoms with E-state index in [4.69, 9.17) is 28.6 Å². The Morgan fingerprint density at radius 1 is 1.38 bits per heavy atom. The molecule has 0 aliphatic heterocycles. The van der Waals surface area contributed by atoms with E-state index in [9.17, 15) is 0 Å². The number of hydrogen-bond acceptors (Lipinski definition) is 3. The molecule has 16 heavy (non-hydrogen) atoms. The van der Waals surface area contributed by atoms with Gasteiger partial charge >= 0.3 is 0 Å². The van der Waals surface area contributed by atoms with Crippen molar-refractivity contribution in [3.8, 4) is 17.0 Å². The van der Waals surface area contributed by atoms with Crippen LogP contribution >= 0.6 is 23.8 Å². The smallest absolute Gasteiger partial charge is 0.138 e. The molecule has 2 aromatic rings. The van der Waals surface area contributed by atoms with Crippen molar-refractivity contribution in [1.29, 1.82) is 0 Å². The summed E-state index contributed by atoms with van der Waals surface area (Å²) >= 11 is 11.0. The summed E-state index contributed by atoms with van der Waals surface area (Å²) in [6.07, 6.45) is 3.30. The average Bonchev–Trinajstić information content (AvgIpc) is 2.29. The number of hydrogen-bond donors (Lipinski definition) is 1. The molecule has 2 rings (SSSR count). The molecule has 0 saturated heterocycles. The van der Waals surface area contributed by atoms with Crippen LogP contribution in [-0.2, 0) is 0 Å². The summed E-state index contributed by atoms with van der Waals surface area (Å²) in [6.45, 7) is 0. The van der Waals surface area contributed by atoms with Crippen molar-refractivity contribution in [3.05, 3.63) is 40.3 Å². The van der Waals surface area contributed by atoms with Crippen LogP contribution in [0.15, 0.2) is 30.6 Å². The molecular formula is C11H9ClN2OS. The molecule has 82 valence electrons. The van der Waals surface area contributed by atoms with Gasteiger partial charge in [-0.2, -0.15) is 0 Å². The lowest BCUT2D eigenvalue weighted by Crippen LogP contribution is -1.88. The lowest BCUT2D eigenvalue weighted by molar-refractivity contribution is 0.415. The van der Waals surface area contributed by atoms with Crippen molar-refractivity contribution < 1.29 is 4.74 Å². The first-order valence-electron chi connectivity index (χ1n) is 4.59. The first kappa shape index (κ1) is 11.1. The van der Waals surface area contributed by atoms with E-state index in [0.29, 0.717) is 15.4 Å². The van der Waals surface area contributed by atoms with E-state index in [1.54, 1.807) is 25.6 Å². The number of nitrogens with zero attached hydrogens (tertiary/aromatic N) is 1. The molecule has 1 aromatic carbocycles. The zero-order valence-electron chi connectivity index (χ0n) is 8.53. The Morgan fingerprint density at radius 3 is 2.88 bits per heavy atom. The number of halogens is 1. The Hall–Kier alpha value is -1.39. The van der Waals surface area contributed by atoms with Crippen LogP contribution in [0.1, 0.15) is 0 Å². The van der Waals surface area contributed by atoms with Crippen LogP contribution in [0.3, 0.4) is 0 Å². The molecule has 5 heteroatoms. The van der Waals surface area contributed by atoms with Crippen molar-refractivity contribution in [2.24, 2.45) is 0 Å². The molecule has 0 spiro atoms. The van der Waals surface area contributed by atoms with Gasteiger partial charge in [0.15, 0.2) is 0 Å². The zero-order valence-corrected chi connectivity index (χ0v) is 10.1. The van der Waals surface area contributed by atoms with Crippen molar-refractivity contribution in [2.75, 3.05) is 7.11 Å². The fourth-order valence-electron chi connectivity index (χ4n) is 1.35. The van der Waals surface area contributed by atoms with Crippen LogP contribution in [0.4, 0.5) is 0 Å². The van der Waals surface area contributed by atoms with Gasteiger partial charge in [-0.15, -0.1) is 0 Å². The molecular weight excluding hydrogens is 244 g/mol. The summed E-state index contributed by atoms with van der Waals surface area (Å²) in [5, 5.41) is 0.578. The third-order valence-electron chi connectivity index (χ3n) is 2.12. The van der Waals surface area contributed by atoms with Gasteiger partial charge in [0.25, 0.3) is 0 Å². The van der Waals surface area contributed by atoms with Crippen LogP contribution in [0.2, 0.25) is 5.02 Å². The van der Waals surface area contributed by atoms with Crippen molar-refractivity contribution >= 4 is 23.8 Å². The molecule has 3 nitrogen and oxygen atoms in total. The predicted octanol–water partition coefficient (Wildman–Crippen LogP) is 3.47. The molecule has 0 atom stereocenters. The van der Waals surface area contributed by atoms with Crippen molar-refractivity contribution in [1.82, 2.24) is 9.97 Å². The highest BCUT2D eigenvalue weighted by molar-refractivity contribution is 7.71. The second kappa shape index (κ2) is 4.63. The van der Waals surface area contributed by atoms with Gasteiger partial charge in [-0.05, 0) is 12.1 Å². The lowest BCUT2D eigenvalue weighted by atomic mass is 10.1. The van der Waals surface area contributed by atoms with Gasteiger partial charge in [0.1, 0.15) is 10.4 Å². The number of methoxy groups -OCH3 is 1. The number of ether oxygens (including phenoxy) is 1. The van der Waals surface area contributed by atoms with E-state index in [2.05, 4.69) is 9.97 Å². The second-order valence-electron chi connectivity index (χ2n) is 3.16. The third-order valence-corrected chi connectivity index (χ3v) is 2.64. The van der Waals surface area contributed by atoms with Gasteiger partial charge in [-0.25, -0.2) is 0 Å². The second-order valence-corrected chi connectivity index (χ2v) is 4.01. The molecule has 0 radical (unpaired) electrons. The highest BCUT2D eigenvalue weighted by Gasteiger charge is 2.04. The minimum Gasteiger partial charge on any atom is -0.495 e. The molecule has 0 aliphatic rings. The third kappa shape index (κ3) is 2.23. The highest BCUT2D eigenvalue weighted by Crippen LogP contribution is 2.29. The molecule has 0 amide bonds. The van der Waals surface area contributed by atoms with Crippen molar-refractivity contribution in [2.45, 2.75) is 0 Å². The maximum Gasteiger partial charge on any atom is 0.138 e. The van der Waals surface area contributed by atoms with Crippen LogP contribution in [0.5, 0.6) is 5.75 Å². The number of H-pyrrole nitrogens is 1. The Bertz CT molecular complexity index is 568. The summed E-state index contributed by atoms with van der Waals surface area (Å²) in [7, 11) is 1.58. The zero-order chi connectivity index (χ0) is 11.5. The van der Waals surface area contributed by atoms with Crippen LogP contribution in [0, 0.1) is 4.64 Å². The predicted molar refractivity (Wildman–Crippen MR) is 66.4 cm³/mol. The molecule has 1 N–H and O–H groups in total. The molecule has 0 saturated carbocycles. The molecule has 1 heterocycles. The first-order valence-corrected chi connectivity index (χ1v) is 5.37. The Balaban J connectivity index is 2.52. The lowest BCUT2D eigenvalue weighted by Gasteiger charge is -2.06. The highest BCUT2D eigenvalue weighted by atomic mass is 35.5. The quantitative estimate of drug-likeness (QED) is 0.832. The van der Waals surface area contributed by atoms with E-state index in [0.717, 1.165) is 11.3 Å². The Labute approximate surface area is 103 Å². The Morgan fingerprint density at radius 2 is 2.19 bits per heavy atom. The fourth-order valence-corrected chi connectivity index (χ4v) is 1.72. The first-order chi connectivity index (χ1) is 7.70. The maximum atomic E-state index is 5.94. The molecule has 0 bridgehead atoms. The minimum absolute atomic E-state index is 0.578. The molecule has 0 fully saturated rings. The van der Waals surface area contributed by atoms with Gasteiger partial charge in [0, 0.05) is 5.56 Å². The SMILES string of the molecule is COc1cc(-c2cncc(=S)[nH]2)ccc1Cl. The van der Waals surface area contributed by atoms with E-state index in [1.807, 2.05) is 12.1 Å². The monoisotopic (exact) mass is 252 g/mol. The van der Waals surface area contributed by atoms with Gasteiger partial charge in [0.05, 0.1) is 30.2 Å². The summed E-state index contributed by atoms with van der Waals surface area (Å²) in [4.78, 5) is 7.08. The summed E-state index contributed by atoms with van der Waals surface area (Å²) < 4.78 is 5.73. The topological polar surface area (TPSA) is 37.9 Å². The standard InChI is InChI=1S/C11H9ClN2OS/c1-15-10-4-7(2-3-8(10)12)9-5-13-6-11(16)14-9/h2-6H,1H3,(H,14,16). The van der Waals surface area contributed by atoms with Crippen LogP contribution < -0.4 is 4.74 Å². The van der Waals surface area contributed by atoms with Gasteiger partial charge in [-0.1, -0.05) is 29.9 Å². The van der Waals surface area contributed by atoms with E-state index >= 15 is 0 Å². The summed E-state index contributed by atoms with van der Waals surface area (Å²) in [5.74, 6) is 0.627. The van der Waals surface area contributed by atoms with Gasteiger partial charge in [-0.3, -0.25) is 4.98 Å². The number of aromatic amines is 1. The Kier molecular flexibility index (Phi) is 3.22. The minimum atomic E-state index is 0.578. The molecule has 1 aromatic heterocycles. The average molecular weight is 253 g/mol. The van der Waals surface area contributed by atoms with Crippen LogP contribution in [0.25, 0.3) is 11.3 Å². The number of nitrogens with one attached hydrogen (secondary N) is 1. The number of rotatable bonds is 2.